The van der Waals surface area contributed by atoms with Gasteiger partial charge in [-0.05, 0) is 37.9 Å². The van der Waals surface area contributed by atoms with Crippen LogP contribution in [0.1, 0.15) is 17.3 Å². The summed E-state index contributed by atoms with van der Waals surface area (Å²) in [7, 11) is 0. The molecule has 0 aliphatic carbocycles. The van der Waals surface area contributed by atoms with Crippen molar-refractivity contribution in [2.24, 2.45) is 4.99 Å². The van der Waals surface area contributed by atoms with Crippen molar-refractivity contribution in [3.05, 3.63) is 52.4 Å². The van der Waals surface area contributed by atoms with Crippen molar-refractivity contribution in [2.45, 2.75) is 6.92 Å². The van der Waals surface area contributed by atoms with Crippen LogP contribution < -0.4 is 4.74 Å². The van der Waals surface area contributed by atoms with Crippen molar-refractivity contribution in [3.8, 4) is 11.8 Å². The molecule has 0 bridgehead atoms. The molecule has 0 heterocycles. The summed E-state index contributed by atoms with van der Waals surface area (Å²) in [6, 6.07) is 6.61. The quantitative estimate of drug-likeness (QED) is 0.271. The smallest absolute Gasteiger partial charge is 0.150 e. The van der Waals surface area contributed by atoms with Gasteiger partial charge in [-0.25, -0.2) is 0 Å². The van der Waals surface area contributed by atoms with Gasteiger partial charge in [0.25, 0.3) is 0 Å². The number of aldehydes is 1. The van der Waals surface area contributed by atoms with E-state index in [-0.39, 0.29) is 0 Å². The highest BCUT2D eigenvalue weighted by molar-refractivity contribution is 6.32. The Bertz CT molecular complexity index is 598. The first kappa shape index (κ1) is 14.7. The third-order valence-corrected chi connectivity index (χ3v) is 2.37. The summed E-state index contributed by atoms with van der Waals surface area (Å²) < 4.78 is 5.51. The molecular weight excluding hydrogens is 264 g/mol. The molecule has 0 unspecified atom stereocenters. The Kier molecular flexibility index (Phi) is 5.52. The second-order valence-electron chi connectivity index (χ2n) is 3.56. The summed E-state index contributed by atoms with van der Waals surface area (Å²) in [5.41, 5.74) is 0.906. The fraction of sp³-hybridized carbons (Fsp3) is 0.0714. The molecule has 0 amide bonds. The summed E-state index contributed by atoms with van der Waals surface area (Å²) in [5, 5.41) is 9.02. The second-order valence-corrected chi connectivity index (χ2v) is 3.97. The lowest BCUT2D eigenvalue weighted by molar-refractivity contribution is 0.112. The van der Waals surface area contributed by atoms with Crippen LogP contribution in [-0.2, 0) is 0 Å². The average Bonchev–Trinajstić information content (AvgIpc) is 2.41. The molecule has 0 N–H and O–H groups in total. The Balaban J connectivity index is 3.05. The molecule has 1 rings (SSSR count). The molecular formula is C14H11ClN2O2. The van der Waals surface area contributed by atoms with E-state index in [4.69, 9.17) is 21.6 Å². The minimum Gasteiger partial charge on any atom is -0.454 e. The van der Waals surface area contributed by atoms with Gasteiger partial charge < -0.3 is 4.74 Å². The van der Waals surface area contributed by atoms with E-state index in [1.165, 1.54) is 18.3 Å². The Morgan fingerprint density at radius 2 is 2.32 bits per heavy atom. The molecule has 96 valence electrons. The van der Waals surface area contributed by atoms with E-state index in [1.54, 1.807) is 19.1 Å². The van der Waals surface area contributed by atoms with E-state index < -0.39 is 0 Å². The van der Waals surface area contributed by atoms with Crippen LogP contribution in [0.2, 0.25) is 5.02 Å². The highest BCUT2D eigenvalue weighted by Crippen LogP contribution is 2.27. The first-order valence-electron chi connectivity index (χ1n) is 5.27. The number of hydrogen-bond donors (Lipinski definition) is 0. The number of rotatable bonds is 5. The van der Waals surface area contributed by atoms with Gasteiger partial charge in [-0.15, -0.1) is 0 Å². The number of nitrogens with zero attached hydrogens (tertiary/aromatic N) is 2. The zero-order chi connectivity index (χ0) is 14.3. The molecule has 0 aromatic heterocycles. The molecule has 0 radical (unpaired) electrons. The first-order chi connectivity index (χ1) is 9.10. The number of nitriles is 1. The lowest BCUT2D eigenvalue weighted by atomic mass is 10.2. The largest absolute Gasteiger partial charge is 0.454 e. The maximum atomic E-state index is 10.6. The van der Waals surface area contributed by atoms with Crippen LogP contribution in [0.25, 0.3) is 0 Å². The second kappa shape index (κ2) is 7.14. The normalized spacial score (nSPS) is 11.6. The molecule has 0 atom stereocenters. The van der Waals surface area contributed by atoms with Crippen molar-refractivity contribution in [3.63, 3.8) is 0 Å². The van der Waals surface area contributed by atoms with Gasteiger partial charge in [0.2, 0.25) is 0 Å². The molecule has 0 saturated heterocycles. The monoisotopic (exact) mass is 274 g/mol. The third kappa shape index (κ3) is 4.41. The van der Waals surface area contributed by atoms with Crippen LogP contribution in [0.15, 0.2) is 46.8 Å². The Hall–Kier alpha value is -2.38. The van der Waals surface area contributed by atoms with Gasteiger partial charge in [0.1, 0.15) is 17.8 Å². The van der Waals surface area contributed by atoms with Gasteiger partial charge in [0.05, 0.1) is 17.3 Å². The topological polar surface area (TPSA) is 62.4 Å². The van der Waals surface area contributed by atoms with E-state index in [9.17, 15) is 4.79 Å². The minimum atomic E-state index is 0.294. The van der Waals surface area contributed by atoms with Crippen LogP contribution in [0.4, 0.5) is 0 Å². The molecule has 19 heavy (non-hydrogen) atoms. The predicted molar refractivity (Wildman–Crippen MR) is 74.5 cm³/mol. The van der Waals surface area contributed by atoms with Gasteiger partial charge in [-0.1, -0.05) is 11.6 Å². The first-order valence-corrected chi connectivity index (χ1v) is 5.65. The van der Waals surface area contributed by atoms with Gasteiger partial charge in [0, 0.05) is 11.1 Å². The Morgan fingerprint density at radius 1 is 1.58 bits per heavy atom. The predicted octanol–water partition coefficient (Wildman–Crippen LogP) is 3.54. The molecule has 0 aliphatic rings. The molecule has 4 nitrogen and oxygen atoms in total. The number of aliphatic imine (C=N–C) groups is 1. The fourth-order valence-electron chi connectivity index (χ4n) is 1.23. The van der Waals surface area contributed by atoms with E-state index >= 15 is 0 Å². The number of ether oxygens (including phenoxy) is 1. The van der Waals surface area contributed by atoms with Crippen molar-refractivity contribution < 1.29 is 9.53 Å². The maximum Gasteiger partial charge on any atom is 0.150 e. The molecule has 0 aliphatic heterocycles. The van der Waals surface area contributed by atoms with Crippen LogP contribution >= 0.6 is 11.6 Å². The molecule has 0 spiro atoms. The summed E-state index contributed by atoms with van der Waals surface area (Å²) >= 11 is 5.98. The minimum absolute atomic E-state index is 0.294. The van der Waals surface area contributed by atoms with E-state index in [2.05, 4.69) is 11.7 Å². The van der Waals surface area contributed by atoms with E-state index in [0.717, 1.165) is 0 Å². The number of carbonyl (C=O) groups is 1. The fourth-order valence-corrected chi connectivity index (χ4v) is 1.46. The van der Waals surface area contributed by atoms with Crippen molar-refractivity contribution >= 4 is 24.6 Å². The lowest BCUT2D eigenvalue weighted by Gasteiger charge is -2.08. The molecule has 0 fully saturated rings. The lowest BCUT2D eigenvalue weighted by Crippen LogP contribution is -1.94. The Morgan fingerprint density at radius 3 is 2.84 bits per heavy atom. The molecule has 1 aromatic rings. The SMILES string of the molecule is C=N/C=C(\C=C(/C)C#N)Oc1ccc(C=O)cc1Cl. The summed E-state index contributed by atoms with van der Waals surface area (Å²) in [6.45, 7) is 4.96. The zero-order valence-corrected chi connectivity index (χ0v) is 11.0. The van der Waals surface area contributed by atoms with Crippen LogP contribution in [0.3, 0.4) is 0 Å². The molecule has 1 aromatic carbocycles. The number of hydrogen-bond acceptors (Lipinski definition) is 4. The van der Waals surface area contributed by atoms with E-state index in [1.807, 2.05) is 6.07 Å². The van der Waals surface area contributed by atoms with Crippen LogP contribution in [0, 0.1) is 11.3 Å². The summed E-state index contributed by atoms with van der Waals surface area (Å²) in [5.74, 6) is 0.693. The van der Waals surface area contributed by atoms with Gasteiger partial charge >= 0.3 is 0 Å². The summed E-state index contributed by atoms with van der Waals surface area (Å²) in [6.07, 6.45) is 3.57. The number of carbonyl (C=O) groups excluding carboxylic acids is 1. The van der Waals surface area contributed by atoms with Gasteiger partial charge in [-0.2, -0.15) is 5.26 Å². The highest BCUT2D eigenvalue weighted by Gasteiger charge is 2.05. The van der Waals surface area contributed by atoms with E-state index in [0.29, 0.717) is 34.0 Å². The zero-order valence-electron chi connectivity index (χ0n) is 10.3. The van der Waals surface area contributed by atoms with Gasteiger partial charge in [-0.3, -0.25) is 9.79 Å². The molecule has 0 saturated carbocycles. The van der Waals surface area contributed by atoms with Crippen molar-refractivity contribution in [2.75, 3.05) is 0 Å². The van der Waals surface area contributed by atoms with Crippen LogP contribution in [0.5, 0.6) is 5.75 Å². The number of allylic oxidation sites excluding steroid dienone is 2. The van der Waals surface area contributed by atoms with Gasteiger partial charge in [0.15, 0.2) is 0 Å². The number of halogens is 1. The highest BCUT2D eigenvalue weighted by atomic mass is 35.5. The van der Waals surface area contributed by atoms with Crippen LogP contribution in [-0.4, -0.2) is 13.0 Å². The maximum absolute atomic E-state index is 10.6. The molecule has 5 heteroatoms. The Labute approximate surface area is 116 Å². The average molecular weight is 275 g/mol. The van der Waals surface area contributed by atoms with Crippen molar-refractivity contribution in [1.82, 2.24) is 0 Å². The van der Waals surface area contributed by atoms with Crippen molar-refractivity contribution in [1.29, 1.82) is 5.26 Å². The number of benzene rings is 1. The summed E-state index contributed by atoms with van der Waals surface area (Å²) in [4.78, 5) is 14.2. The third-order valence-electron chi connectivity index (χ3n) is 2.07. The standard InChI is InChI=1S/C14H11ClN2O2/c1-10(7-16)5-12(8-17-2)19-14-4-3-11(9-18)6-13(14)15/h3-6,8-9H,2H2,1H3/b10-5+,12-8+.